The van der Waals surface area contributed by atoms with Crippen LogP contribution in [-0.2, 0) is 6.18 Å². The first kappa shape index (κ1) is 21.2. The van der Waals surface area contributed by atoms with Gasteiger partial charge in [0.15, 0.2) is 0 Å². The second-order valence-electron chi connectivity index (χ2n) is 6.03. The van der Waals surface area contributed by atoms with E-state index in [1.165, 1.54) is 0 Å². The Morgan fingerprint density at radius 3 is 2.69 bits per heavy atom. The van der Waals surface area contributed by atoms with E-state index in [-0.39, 0.29) is 30.5 Å². The van der Waals surface area contributed by atoms with Crippen molar-refractivity contribution in [1.29, 1.82) is 0 Å². The zero-order valence-electron chi connectivity index (χ0n) is 15.1. The Morgan fingerprint density at radius 2 is 2.03 bits per heavy atom. The van der Waals surface area contributed by atoms with Crippen LogP contribution in [0.2, 0.25) is 0 Å². The average Bonchev–Trinajstić information content (AvgIpc) is 3.13. The van der Waals surface area contributed by atoms with Crippen molar-refractivity contribution in [2.24, 2.45) is 4.99 Å². The topological polar surface area (TPSA) is 104 Å². The predicted octanol–water partition coefficient (Wildman–Crippen LogP) is 2.62. The molecule has 0 bridgehead atoms. The van der Waals surface area contributed by atoms with E-state index in [0.29, 0.717) is 22.3 Å². The summed E-state index contributed by atoms with van der Waals surface area (Å²) in [5.41, 5.74) is 0.0790. The number of hydrogen-bond donors (Lipinski definition) is 3. The van der Waals surface area contributed by atoms with Crippen LogP contribution in [0.4, 0.5) is 19.0 Å². The Hall–Kier alpha value is -2.57. The minimum absolute atomic E-state index is 0.0598. The number of aromatic amines is 1. The van der Waals surface area contributed by atoms with Gasteiger partial charge in [-0.2, -0.15) is 0 Å². The standard InChI is InChI=1S/C17H16BF3N4O3S/c1-9-12(3-2-4-22-9)28-13-5-11(17(19,20)21)6-23-15(13)25-16-24-14(18-29-16)10(7-26)8-27/h2-6,10,26-27H,7-8H2,1H3,(H,23,24,25). The molecule has 3 aromatic heterocycles. The number of nitrogens with zero attached hydrogens (tertiary/aromatic N) is 3. The fraction of sp³-hybridized carbons (Fsp3) is 0.294. The molecule has 0 fully saturated rings. The maximum atomic E-state index is 13.1. The SMILES string of the molecule is Cc1ncccc1Oc1cc(C(F)(F)F)cnc1/N=c1/[nH]c(C(CO)CO)bs1. The van der Waals surface area contributed by atoms with Crippen LogP contribution in [0.15, 0.2) is 35.6 Å². The number of aryl methyl sites for hydroxylation is 1. The van der Waals surface area contributed by atoms with Gasteiger partial charge in [0.05, 0.1) is 0 Å². The molecule has 12 heteroatoms. The second kappa shape index (κ2) is 8.85. The Labute approximate surface area is 167 Å². The van der Waals surface area contributed by atoms with Gasteiger partial charge in [0.2, 0.25) is 0 Å². The van der Waals surface area contributed by atoms with Gasteiger partial charge < -0.3 is 0 Å². The summed E-state index contributed by atoms with van der Waals surface area (Å²) in [7, 11) is 0. The van der Waals surface area contributed by atoms with Gasteiger partial charge in [-0.1, -0.05) is 0 Å². The van der Waals surface area contributed by atoms with Crippen LogP contribution in [0.5, 0.6) is 11.5 Å². The van der Waals surface area contributed by atoms with Crippen LogP contribution < -0.4 is 9.54 Å². The van der Waals surface area contributed by atoms with E-state index >= 15 is 0 Å². The van der Waals surface area contributed by atoms with Crippen molar-refractivity contribution in [3.63, 3.8) is 0 Å². The summed E-state index contributed by atoms with van der Waals surface area (Å²) in [6, 6.07) is 4.01. The molecule has 3 aromatic rings. The van der Waals surface area contributed by atoms with Crippen molar-refractivity contribution in [1.82, 2.24) is 15.0 Å². The summed E-state index contributed by atoms with van der Waals surface area (Å²) in [6.45, 7) is 1.13. The van der Waals surface area contributed by atoms with Crippen molar-refractivity contribution >= 4 is 23.2 Å². The predicted molar refractivity (Wildman–Crippen MR) is 100 cm³/mol. The zero-order valence-corrected chi connectivity index (χ0v) is 16.0. The number of aliphatic hydroxyl groups excluding tert-OH is 2. The number of rotatable bonds is 6. The van der Waals surface area contributed by atoms with Gasteiger partial charge in [0.25, 0.3) is 0 Å². The Bertz CT molecular complexity index is 1050. The molecule has 0 spiro atoms. The Balaban J connectivity index is 2.05. The van der Waals surface area contributed by atoms with E-state index in [4.69, 9.17) is 4.74 Å². The third kappa shape index (κ3) is 5.08. The summed E-state index contributed by atoms with van der Waals surface area (Å²) >= 11 is 1.16. The van der Waals surface area contributed by atoms with Gasteiger partial charge in [-0.3, -0.25) is 0 Å². The third-order valence-electron chi connectivity index (χ3n) is 3.98. The van der Waals surface area contributed by atoms with Gasteiger partial charge in [-0.15, -0.1) is 0 Å². The van der Waals surface area contributed by atoms with E-state index in [0.717, 1.165) is 17.2 Å². The number of alkyl halides is 3. The molecule has 0 atom stereocenters. The molecule has 0 saturated heterocycles. The molecular formula is C17H16BF3N4O3S. The van der Waals surface area contributed by atoms with E-state index in [2.05, 4.69) is 19.9 Å². The summed E-state index contributed by atoms with van der Waals surface area (Å²) in [5.74, 6) is -0.471. The van der Waals surface area contributed by atoms with E-state index in [9.17, 15) is 23.4 Å². The van der Waals surface area contributed by atoms with Crippen molar-refractivity contribution in [2.75, 3.05) is 13.2 Å². The Morgan fingerprint density at radius 1 is 1.28 bits per heavy atom. The fourth-order valence-electron chi connectivity index (χ4n) is 2.35. The third-order valence-corrected chi connectivity index (χ3v) is 4.76. The van der Waals surface area contributed by atoms with E-state index in [1.807, 2.05) is 0 Å². The van der Waals surface area contributed by atoms with Gasteiger partial charge in [0, 0.05) is 0 Å². The number of nitrogens with one attached hydrogen (secondary N) is 1. The van der Waals surface area contributed by atoms with Crippen LogP contribution in [0.1, 0.15) is 22.8 Å². The zero-order chi connectivity index (χ0) is 21.0. The molecule has 0 aliphatic heterocycles. The first-order chi connectivity index (χ1) is 13.8. The average molecular weight is 424 g/mol. The number of aliphatic hydroxyl groups is 2. The van der Waals surface area contributed by atoms with Crippen LogP contribution in [0.3, 0.4) is 0 Å². The minimum atomic E-state index is -4.59. The molecule has 0 radical (unpaired) electrons. The van der Waals surface area contributed by atoms with Crippen LogP contribution in [0.25, 0.3) is 0 Å². The van der Waals surface area contributed by atoms with Crippen LogP contribution in [-0.4, -0.2) is 44.5 Å². The summed E-state index contributed by atoms with van der Waals surface area (Å²) in [4.78, 5) is 15.3. The molecular weight excluding hydrogens is 408 g/mol. The first-order valence-electron chi connectivity index (χ1n) is 8.42. The summed E-state index contributed by atoms with van der Waals surface area (Å²) in [5, 5.41) is 18.5. The molecule has 3 N–H and O–H groups in total. The molecule has 152 valence electrons. The first-order valence-corrected chi connectivity index (χ1v) is 9.30. The van der Waals surface area contributed by atoms with Crippen molar-refractivity contribution in [2.45, 2.75) is 19.0 Å². The molecule has 3 rings (SSSR count). The molecule has 0 aromatic carbocycles. The van der Waals surface area contributed by atoms with Crippen molar-refractivity contribution in [3.05, 3.63) is 52.2 Å². The number of hydrogen-bond acceptors (Lipinski definition) is 7. The molecule has 0 amide bonds. The van der Waals surface area contributed by atoms with Gasteiger partial charge in [0.1, 0.15) is 0 Å². The summed E-state index contributed by atoms with van der Waals surface area (Å²) < 4.78 is 45.0. The van der Waals surface area contributed by atoms with Crippen molar-refractivity contribution in [3.8, 4) is 11.5 Å². The van der Waals surface area contributed by atoms with Gasteiger partial charge in [-0.25, -0.2) is 0 Å². The monoisotopic (exact) mass is 424 g/mol. The number of pyridine rings is 2. The molecule has 0 saturated carbocycles. The van der Waals surface area contributed by atoms with Crippen molar-refractivity contribution < 1.29 is 28.1 Å². The van der Waals surface area contributed by atoms with Gasteiger partial charge in [-0.05, 0) is 0 Å². The molecule has 0 aliphatic carbocycles. The van der Waals surface area contributed by atoms with E-state index in [1.54, 1.807) is 31.4 Å². The maximum absolute atomic E-state index is 13.1. The molecule has 29 heavy (non-hydrogen) atoms. The fourth-order valence-corrected chi connectivity index (χ4v) is 3.16. The van der Waals surface area contributed by atoms with Crippen LogP contribution >= 0.6 is 11.2 Å². The number of aromatic nitrogens is 3. The number of H-pyrrole nitrogens is 1. The van der Waals surface area contributed by atoms with E-state index < -0.39 is 17.7 Å². The Kier molecular flexibility index (Phi) is 6.45. The van der Waals surface area contributed by atoms with Crippen LogP contribution in [0, 0.1) is 6.92 Å². The van der Waals surface area contributed by atoms with Gasteiger partial charge >= 0.3 is 167 Å². The molecule has 0 aliphatic rings. The second-order valence-corrected chi connectivity index (χ2v) is 6.89. The quantitative estimate of drug-likeness (QED) is 0.565. The number of halogens is 3. The molecule has 0 unspecified atom stereocenters. The number of ether oxygens (including phenoxy) is 1. The molecule has 3 heterocycles. The molecule has 7 nitrogen and oxygen atoms in total. The normalized spacial score (nSPS) is 12.4. The summed E-state index contributed by atoms with van der Waals surface area (Å²) in [6.07, 6.45) is -0.712.